The van der Waals surface area contributed by atoms with Crippen molar-refractivity contribution < 1.29 is 9.47 Å². The third-order valence-corrected chi connectivity index (χ3v) is 3.56. The summed E-state index contributed by atoms with van der Waals surface area (Å²) in [5, 5.41) is 3.94. The molecule has 0 saturated carbocycles. The minimum absolute atomic E-state index is 0.211. The minimum Gasteiger partial charge on any atom is -0.491 e. The maximum absolute atomic E-state index is 6.04. The molecule has 0 bridgehead atoms. The van der Waals surface area contributed by atoms with Crippen LogP contribution < -0.4 is 10.1 Å². The Kier molecular flexibility index (Phi) is 4.87. The molecule has 1 aromatic carbocycles. The molecule has 0 spiro atoms. The van der Waals surface area contributed by atoms with E-state index in [0.29, 0.717) is 6.61 Å². The Labute approximate surface area is 113 Å². The number of ether oxygens (including phenoxy) is 2. The van der Waals surface area contributed by atoms with Crippen LogP contribution >= 0.6 is 11.6 Å². The van der Waals surface area contributed by atoms with E-state index < -0.39 is 0 Å². The van der Waals surface area contributed by atoms with E-state index in [2.05, 4.69) is 12.2 Å². The van der Waals surface area contributed by atoms with Gasteiger partial charge in [0.15, 0.2) is 0 Å². The smallest absolute Gasteiger partial charge is 0.124 e. The Morgan fingerprint density at radius 3 is 3.06 bits per heavy atom. The van der Waals surface area contributed by atoms with Crippen molar-refractivity contribution in [2.75, 3.05) is 20.3 Å². The molecule has 2 unspecified atom stereocenters. The fourth-order valence-electron chi connectivity index (χ4n) is 2.10. The Morgan fingerprint density at radius 2 is 2.39 bits per heavy atom. The van der Waals surface area contributed by atoms with Gasteiger partial charge in [0.25, 0.3) is 0 Å². The predicted octanol–water partition coefficient (Wildman–Crippen LogP) is 3.18. The third-order valence-electron chi connectivity index (χ3n) is 3.32. The zero-order chi connectivity index (χ0) is 13.0. The average molecular weight is 270 g/mol. The van der Waals surface area contributed by atoms with Gasteiger partial charge in [-0.05, 0) is 45.0 Å². The van der Waals surface area contributed by atoms with Crippen LogP contribution in [0.1, 0.15) is 31.4 Å². The van der Waals surface area contributed by atoms with Crippen LogP contribution in [0, 0.1) is 0 Å². The van der Waals surface area contributed by atoms with Gasteiger partial charge in [0.1, 0.15) is 12.4 Å². The molecule has 2 atom stereocenters. The van der Waals surface area contributed by atoms with Crippen LogP contribution in [0.25, 0.3) is 0 Å². The lowest BCUT2D eigenvalue weighted by Crippen LogP contribution is -2.19. The SMILES string of the molecule is CNC(C)c1cc(Cl)ccc1OCC1CCCO1. The van der Waals surface area contributed by atoms with Gasteiger partial charge < -0.3 is 14.8 Å². The first-order valence-electron chi connectivity index (χ1n) is 6.42. The minimum atomic E-state index is 0.211. The second-order valence-electron chi connectivity index (χ2n) is 4.64. The molecule has 1 fully saturated rings. The van der Waals surface area contributed by atoms with Crippen molar-refractivity contribution in [2.24, 2.45) is 0 Å². The van der Waals surface area contributed by atoms with Crippen LogP contribution in [0.3, 0.4) is 0 Å². The molecule has 1 saturated heterocycles. The highest BCUT2D eigenvalue weighted by atomic mass is 35.5. The van der Waals surface area contributed by atoms with Crippen LogP contribution in [0.5, 0.6) is 5.75 Å². The lowest BCUT2D eigenvalue weighted by Gasteiger charge is -2.18. The lowest BCUT2D eigenvalue weighted by molar-refractivity contribution is 0.0674. The van der Waals surface area contributed by atoms with Crippen LogP contribution in [-0.2, 0) is 4.74 Å². The van der Waals surface area contributed by atoms with Crippen molar-refractivity contribution in [1.29, 1.82) is 0 Å². The molecule has 1 heterocycles. The molecule has 0 aromatic heterocycles. The molecule has 18 heavy (non-hydrogen) atoms. The summed E-state index contributed by atoms with van der Waals surface area (Å²) in [6, 6.07) is 5.95. The molecule has 1 aromatic rings. The molecule has 0 radical (unpaired) electrons. The first kappa shape index (κ1) is 13.7. The van der Waals surface area contributed by atoms with Gasteiger partial charge in [0.2, 0.25) is 0 Å². The van der Waals surface area contributed by atoms with Gasteiger partial charge >= 0.3 is 0 Å². The number of rotatable bonds is 5. The van der Waals surface area contributed by atoms with Gasteiger partial charge in [-0.2, -0.15) is 0 Å². The predicted molar refractivity (Wildman–Crippen MR) is 73.4 cm³/mol. The van der Waals surface area contributed by atoms with E-state index in [1.54, 1.807) is 0 Å². The fourth-order valence-corrected chi connectivity index (χ4v) is 2.28. The maximum Gasteiger partial charge on any atom is 0.124 e. The average Bonchev–Trinajstić information content (AvgIpc) is 2.89. The highest BCUT2D eigenvalue weighted by molar-refractivity contribution is 6.30. The maximum atomic E-state index is 6.04. The van der Waals surface area contributed by atoms with Gasteiger partial charge in [0, 0.05) is 23.2 Å². The van der Waals surface area contributed by atoms with Crippen molar-refractivity contribution in [1.82, 2.24) is 5.32 Å². The number of nitrogens with one attached hydrogen (secondary N) is 1. The fraction of sp³-hybridized carbons (Fsp3) is 0.571. The summed E-state index contributed by atoms with van der Waals surface area (Å²) in [4.78, 5) is 0. The number of halogens is 1. The molecule has 0 aliphatic carbocycles. The summed E-state index contributed by atoms with van der Waals surface area (Å²) in [6.07, 6.45) is 2.46. The monoisotopic (exact) mass is 269 g/mol. The van der Waals surface area contributed by atoms with E-state index in [1.807, 2.05) is 25.2 Å². The highest BCUT2D eigenvalue weighted by Gasteiger charge is 2.17. The van der Waals surface area contributed by atoms with E-state index >= 15 is 0 Å². The molecule has 3 nitrogen and oxygen atoms in total. The van der Waals surface area contributed by atoms with E-state index in [1.165, 1.54) is 0 Å². The molecule has 2 rings (SSSR count). The van der Waals surface area contributed by atoms with Crippen molar-refractivity contribution in [2.45, 2.75) is 31.9 Å². The van der Waals surface area contributed by atoms with E-state index in [0.717, 1.165) is 35.8 Å². The zero-order valence-corrected chi connectivity index (χ0v) is 11.7. The first-order chi connectivity index (χ1) is 8.70. The van der Waals surface area contributed by atoms with E-state index in [-0.39, 0.29) is 12.1 Å². The molecular weight excluding hydrogens is 250 g/mol. The summed E-state index contributed by atoms with van der Waals surface area (Å²) in [7, 11) is 1.93. The van der Waals surface area contributed by atoms with Crippen molar-refractivity contribution in [3.8, 4) is 5.75 Å². The van der Waals surface area contributed by atoms with E-state index in [4.69, 9.17) is 21.1 Å². The van der Waals surface area contributed by atoms with Crippen LogP contribution in [0.4, 0.5) is 0 Å². The molecule has 1 N–H and O–H groups in total. The van der Waals surface area contributed by atoms with Gasteiger partial charge in [-0.25, -0.2) is 0 Å². The normalized spacial score (nSPS) is 20.9. The summed E-state index contributed by atoms with van der Waals surface area (Å²) in [5.41, 5.74) is 1.09. The summed E-state index contributed by atoms with van der Waals surface area (Å²) in [5.74, 6) is 0.886. The van der Waals surface area contributed by atoms with Crippen LogP contribution in [0.15, 0.2) is 18.2 Å². The Balaban J connectivity index is 2.05. The molecule has 4 heteroatoms. The number of benzene rings is 1. The molecule has 1 aliphatic heterocycles. The summed E-state index contributed by atoms with van der Waals surface area (Å²) < 4.78 is 11.4. The van der Waals surface area contributed by atoms with Crippen LogP contribution in [0.2, 0.25) is 5.02 Å². The second kappa shape index (κ2) is 6.41. The molecule has 1 aliphatic rings. The largest absolute Gasteiger partial charge is 0.491 e. The van der Waals surface area contributed by atoms with Gasteiger partial charge in [-0.15, -0.1) is 0 Å². The van der Waals surface area contributed by atoms with E-state index in [9.17, 15) is 0 Å². The van der Waals surface area contributed by atoms with Crippen LogP contribution in [-0.4, -0.2) is 26.4 Å². The van der Waals surface area contributed by atoms with Gasteiger partial charge in [0.05, 0.1) is 6.10 Å². The third kappa shape index (κ3) is 3.37. The number of hydrogen-bond donors (Lipinski definition) is 1. The topological polar surface area (TPSA) is 30.5 Å². The Hall–Kier alpha value is -0.770. The van der Waals surface area contributed by atoms with Gasteiger partial charge in [-0.3, -0.25) is 0 Å². The summed E-state index contributed by atoms with van der Waals surface area (Å²) >= 11 is 6.04. The summed E-state index contributed by atoms with van der Waals surface area (Å²) in [6.45, 7) is 3.56. The standard InChI is InChI=1S/C14H20ClNO2/c1-10(16-2)13-8-11(15)5-6-14(13)18-9-12-4-3-7-17-12/h5-6,8,10,12,16H,3-4,7,9H2,1-2H3. The second-order valence-corrected chi connectivity index (χ2v) is 5.07. The Bertz CT molecular complexity index is 391. The van der Waals surface area contributed by atoms with Crippen molar-refractivity contribution in [3.05, 3.63) is 28.8 Å². The molecule has 100 valence electrons. The van der Waals surface area contributed by atoms with Gasteiger partial charge in [-0.1, -0.05) is 11.6 Å². The van der Waals surface area contributed by atoms with Crippen molar-refractivity contribution >= 4 is 11.6 Å². The number of hydrogen-bond acceptors (Lipinski definition) is 3. The molecular formula is C14H20ClNO2. The van der Waals surface area contributed by atoms with Crippen molar-refractivity contribution in [3.63, 3.8) is 0 Å². The Morgan fingerprint density at radius 1 is 1.56 bits per heavy atom. The lowest BCUT2D eigenvalue weighted by atomic mass is 10.1. The molecule has 0 amide bonds. The quantitative estimate of drug-likeness (QED) is 0.891. The highest BCUT2D eigenvalue weighted by Crippen LogP contribution is 2.28. The first-order valence-corrected chi connectivity index (χ1v) is 6.79. The zero-order valence-electron chi connectivity index (χ0n) is 10.9.